The van der Waals surface area contributed by atoms with Gasteiger partial charge in [-0.25, -0.2) is 13.8 Å². The lowest BCUT2D eigenvalue weighted by atomic mass is 10.0. The van der Waals surface area contributed by atoms with Crippen molar-refractivity contribution in [1.82, 2.24) is 39.8 Å². The Bertz CT molecular complexity index is 2620. The van der Waals surface area contributed by atoms with Crippen LogP contribution in [0.25, 0.3) is 33.4 Å². The predicted octanol–water partition coefficient (Wildman–Crippen LogP) is 6.29. The largest absolute Gasteiger partial charge is 0.384 e. The zero-order valence-corrected chi connectivity index (χ0v) is 36.1. The number of carbonyl (C=O) groups is 5. The number of imide groups is 2. The molecule has 338 valence electrons. The SMILES string of the molecule is O=C1CCC(N2C(=O)c3cccc(NCCCCCCCC(=O)N4CCC(n5cc(-c6cnc7cccc(-c8cc(F)c(CN9CCOCC9)c(F)c8)c7n6)cn5)CC4)c3C2=O)C(=O)N1. The van der Waals surface area contributed by atoms with Crippen LogP contribution in [-0.4, -0.2) is 116 Å². The summed E-state index contributed by atoms with van der Waals surface area (Å²) in [5.74, 6) is -3.15. The van der Waals surface area contributed by atoms with E-state index in [-0.39, 0.29) is 48.0 Å². The van der Waals surface area contributed by atoms with E-state index < -0.39 is 41.3 Å². The van der Waals surface area contributed by atoms with Gasteiger partial charge in [0.2, 0.25) is 17.7 Å². The molecule has 2 N–H and O–H groups in total. The van der Waals surface area contributed by atoms with Gasteiger partial charge in [0.15, 0.2) is 0 Å². The summed E-state index contributed by atoms with van der Waals surface area (Å²) in [7, 11) is 0. The van der Waals surface area contributed by atoms with E-state index in [2.05, 4.69) is 20.7 Å². The van der Waals surface area contributed by atoms with Gasteiger partial charge < -0.3 is 15.0 Å². The van der Waals surface area contributed by atoms with Crippen LogP contribution in [0, 0.1) is 11.6 Å². The number of likely N-dealkylation sites (tertiary alicyclic amines) is 1. The lowest BCUT2D eigenvalue weighted by Crippen LogP contribution is -2.54. The monoisotopic (exact) mass is 887 g/mol. The van der Waals surface area contributed by atoms with Crippen LogP contribution in [0.15, 0.2) is 67.1 Å². The van der Waals surface area contributed by atoms with Crippen LogP contribution in [0.4, 0.5) is 14.5 Å². The zero-order valence-electron chi connectivity index (χ0n) is 36.1. The first-order valence-electron chi connectivity index (χ1n) is 22.6. The molecule has 0 radical (unpaired) electrons. The summed E-state index contributed by atoms with van der Waals surface area (Å²) in [6, 6.07) is 12.3. The Labute approximate surface area is 374 Å². The standard InChI is InChI=1S/C48H51F2N9O6/c49-36-24-30(25-37(50)35(36)29-56-20-22-65-23-21-56)33-8-6-11-39-45(33)54-40(27-52-39)31-26-53-58(28-31)32-15-18-57(19-16-32)43(61)12-4-2-1-3-5-17-51-38-10-7-9-34-44(38)48(64)59(47(34)63)41-13-14-42(60)55-46(41)62/h6-11,24-28,32,41,51H,1-5,12-23,29H2,(H,55,60,62). The van der Waals surface area contributed by atoms with E-state index in [1.54, 1.807) is 42.7 Å². The van der Waals surface area contributed by atoms with Gasteiger partial charge in [-0.15, -0.1) is 0 Å². The van der Waals surface area contributed by atoms with E-state index in [0.29, 0.717) is 85.9 Å². The first kappa shape index (κ1) is 43.8. The number of nitrogens with zero attached hydrogens (tertiary/aromatic N) is 7. The minimum absolute atomic E-state index is 0.0413. The van der Waals surface area contributed by atoms with E-state index in [1.807, 2.05) is 26.7 Å². The molecule has 17 heteroatoms. The third-order valence-corrected chi connectivity index (χ3v) is 12.9. The predicted molar refractivity (Wildman–Crippen MR) is 236 cm³/mol. The summed E-state index contributed by atoms with van der Waals surface area (Å²) in [4.78, 5) is 78.1. The molecule has 5 aromatic rings. The molecule has 1 atom stereocenters. The van der Waals surface area contributed by atoms with Crippen LogP contribution in [-0.2, 0) is 25.7 Å². The van der Waals surface area contributed by atoms with Crippen molar-refractivity contribution < 1.29 is 37.5 Å². The maximum Gasteiger partial charge on any atom is 0.264 e. The number of carbonyl (C=O) groups excluding carboxylic acids is 5. The minimum atomic E-state index is -1.01. The van der Waals surface area contributed by atoms with Crippen molar-refractivity contribution in [2.45, 2.75) is 82.8 Å². The highest BCUT2D eigenvalue weighted by atomic mass is 19.1. The molecule has 15 nitrogen and oxygen atoms in total. The fraction of sp³-hybridized carbons (Fsp3) is 0.417. The molecule has 0 aliphatic carbocycles. The lowest BCUT2D eigenvalue weighted by molar-refractivity contribution is -0.136. The van der Waals surface area contributed by atoms with Crippen molar-refractivity contribution in [3.8, 4) is 22.4 Å². The molecule has 4 aliphatic rings. The summed E-state index contributed by atoms with van der Waals surface area (Å²) >= 11 is 0. The number of hydrogen-bond acceptors (Lipinski definition) is 11. The van der Waals surface area contributed by atoms with Gasteiger partial charge in [0.1, 0.15) is 17.7 Å². The van der Waals surface area contributed by atoms with Gasteiger partial charge in [-0.2, -0.15) is 5.10 Å². The molecule has 3 fully saturated rings. The molecule has 6 heterocycles. The van der Waals surface area contributed by atoms with Crippen LogP contribution >= 0.6 is 0 Å². The van der Waals surface area contributed by atoms with E-state index >= 15 is 8.78 Å². The number of rotatable bonds is 15. The molecule has 5 amide bonds. The highest BCUT2D eigenvalue weighted by molar-refractivity contribution is 6.25. The topological polar surface area (TPSA) is 172 Å². The molecule has 0 saturated carbocycles. The maximum atomic E-state index is 15.4. The molecule has 3 aromatic carbocycles. The number of amides is 5. The molecule has 9 rings (SSSR count). The van der Waals surface area contributed by atoms with Gasteiger partial charge in [-0.05, 0) is 68.0 Å². The number of para-hydroxylation sites is 1. The van der Waals surface area contributed by atoms with Crippen LogP contribution in [0.3, 0.4) is 0 Å². The molecular formula is C48H51F2N9O6. The Kier molecular flexibility index (Phi) is 13.0. The lowest BCUT2D eigenvalue weighted by Gasteiger charge is -2.32. The smallest absolute Gasteiger partial charge is 0.264 e. The molecule has 1 unspecified atom stereocenters. The Morgan fingerprint density at radius 1 is 0.831 bits per heavy atom. The van der Waals surface area contributed by atoms with Crippen molar-refractivity contribution in [3.05, 3.63) is 95.4 Å². The zero-order chi connectivity index (χ0) is 45.0. The number of fused-ring (bicyclic) bond motifs is 2. The van der Waals surface area contributed by atoms with Crippen molar-refractivity contribution in [3.63, 3.8) is 0 Å². The van der Waals surface area contributed by atoms with E-state index in [0.717, 1.165) is 55.4 Å². The second kappa shape index (κ2) is 19.3. The molecule has 0 spiro atoms. The van der Waals surface area contributed by atoms with Crippen LogP contribution < -0.4 is 10.6 Å². The quantitative estimate of drug-likeness (QED) is 0.0895. The Morgan fingerprint density at radius 3 is 2.35 bits per heavy atom. The van der Waals surface area contributed by atoms with Gasteiger partial charge in [-0.3, -0.25) is 48.8 Å². The summed E-state index contributed by atoms with van der Waals surface area (Å²) in [6.07, 6.45) is 12.0. The average Bonchev–Trinajstić information content (AvgIpc) is 3.91. The van der Waals surface area contributed by atoms with Crippen molar-refractivity contribution in [2.75, 3.05) is 51.3 Å². The minimum Gasteiger partial charge on any atom is -0.384 e. The number of hydrogen-bond donors (Lipinski definition) is 2. The third-order valence-electron chi connectivity index (χ3n) is 12.9. The second-order valence-corrected chi connectivity index (χ2v) is 17.2. The summed E-state index contributed by atoms with van der Waals surface area (Å²) in [6.45, 7) is 4.39. The van der Waals surface area contributed by atoms with Gasteiger partial charge in [0.25, 0.3) is 11.8 Å². The molecule has 65 heavy (non-hydrogen) atoms. The first-order valence-corrected chi connectivity index (χ1v) is 22.6. The van der Waals surface area contributed by atoms with Gasteiger partial charge in [-0.1, -0.05) is 37.5 Å². The Balaban J connectivity index is 0.715. The number of halogens is 2. The summed E-state index contributed by atoms with van der Waals surface area (Å²) in [5, 5.41) is 10.2. The average molecular weight is 888 g/mol. The normalized spacial score (nSPS) is 18.4. The molecule has 0 bridgehead atoms. The van der Waals surface area contributed by atoms with Crippen molar-refractivity contribution in [1.29, 1.82) is 0 Å². The fourth-order valence-corrected chi connectivity index (χ4v) is 9.32. The van der Waals surface area contributed by atoms with Gasteiger partial charge >= 0.3 is 0 Å². The van der Waals surface area contributed by atoms with Gasteiger partial charge in [0.05, 0.1) is 59.5 Å². The number of aromatic nitrogens is 4. The molecule has 4 aliphatic heterocycles. The highest BCUT2D eigenvalue weighted by Gasteiger charge is 2.45. The van der Waals surface area contributed by atoms with E-state index in [1.165, 1.54) is 12.1 Å². The first-order chi connectivity index (χ1) is 31.6. The molecule has 2 aromatic heterocycles. The number of morpholine rings is 1. The van der Waals surface area contributed by atoms with E-state index in [4.69, 9.17) is 9.72 Å². The highest BCUT2D eigenvalue weighted by Crippen LogP contribution is 2.34. The Hall–Kier alpha value is -6.46. The second-order valence-electron chi connectivity index (χ2n) is 17.2. The maximum absolute atomic E-state index is 15.4. The number of unbranched alkanes of at least 4 members (excludes halogenated alkanes) is 4. The van der Waals surface area contributed by atoms with Crippen LogP contribution in [0.1, 0.15) is 96.5 Å². The Morgan fingerprint density at radius 2 is 1.57 bits per heavy atom. The number of piperidine rings is 2. The van der Waals surface area contributed by atoms with E-state index in [9.17, 15) is 24.0 Å². The number of nitrogens with one attached hydrogen (secondary N) is 2. The number of benzene rings is 3. The summed E-state index contributed by atoms with van der Waals surface area (Å²) < 4.78 is 38.1. The third kappa shape index (κ3) is 9.38. The number of anilines is 1. The van der Waals surface area contributed by atoms with Gasteiger partial charge in [0, 0.05) is 80.7 Å². The van der Waals surface area contributed by atoms with Crippen LogP contribution in [0.5, 0.6) is 0 Å². The van der Waals surface area contributed by atoms with Crippen molar-refractivity contribution in [2.24, 2.45) is 0 Å². The molecular weight excluding hydrogens is 837 g/mol. The van der Waals surface area contributed by atoms with Crippen LogP contribution in [0.2, 0.25) is 0 Å². The van der Waals surface area contributed by atoms with Crippen molar-refractivity contribution >= 4 is 46.3 Å². The summed E-state index contributed by atoms with van der Waals surface area (Å²) in [5.41, 5.74) is 4.57. The number of ether oxygens (including phenoxy) is 1. The fourth-order valence-electron chi connectivity index (χ4n) is 9.32. The molecule has 3 saturated heterocycles.